The van der Waals surface area contributed by atoms with Gasteiger partial charge >= 0.3 is 15.4 Å². The van der Waals surface area contributed by atoms with Crippen LogP contribution in [0.2, 0.25) is 0 Å². The van der Waals surface area contributed by atoms with E-state index in [2.05, 4.69) is 209 Å². The molecule has 2 unspecified atom stereocenters. The van der Waals surface area contributed by atoms with Gasteiger partial charge in [-0.15, -0.1) is 4.52 Å². The van der Waals surface area contributed by atoms with Crippen LogP contribution in [0.4, 0.5) is 0 Å². The molecule has 69 heavy (non-hydrogen) atoms. The molecule has 21 heteroatoms. The molecule has 10 rings (SSSR count). The molecule has 4 N–H and O–H groups in total. The van der Waals surface area contributed by atoms with Crippen LogP contribution < -0.4 is 41.6 Å². The maximum absolute atomic E-state index is 13.2. The van der Waals surface area contributed by atoms with Crippen molar-refractivity contribution in [1.29, 1.82) is 0 Å². The highest BCUT2D eigenvalue weighted by Gasteiger charge is 2.57. The van der Waals surface area contributed by atoms with E-state index in [9.17, 15) is 23.5 Å². The molecule has 0 saturated carbocycles. The minimum absolute atomic E-state index is 0. The quantitative estimate of drug-likeness (QED) is 0.116. The zero-order chi connectivity index (χ0) is 46.4. The van der Waals surface area contributed by atoms with Crippen LogP contribution >= 0.6 is 45.5 Å². The van der Waals surface area contributed by atoms with Gasteiger partial charge < -0.3 is 20.7 Å². The first-order valence-corrected chi connectivity index (χ1v) is 32.0. The Bertz CT molecular complexity index is 2630. The Kier molecular flexibility index (Phi) is 17.7. The molecule has 15 nitrogen and oxygen atoms in total. The molecule has 2 atom stereocenters. The molecule has 6 aromatic rings. The van der Waals surface area contributed by atoms with Crippen LogP contribution in [0.5, 0.6) is 0 Å². The molecule has 4 heterocycles. The van der Waals surface area contributed by atoms with E-state index < -0.39 is 45.5 Å². The van der Waals surface area contributed by atoms with Gasteiger partial charge in [0.15, 0.2) is 0 Å². The normalized spacial score (nSPS) is 23.2. The summed E-state index contributed by atoms with van der Waals surface area (Å²) in [5, 5.41) is 7.55. The molecule has 6 aromatic carbocycles. The van der Waals surface area contributed by atoms with Crippen molar-refractivity contribution >= 4 is 77.3 Å². The van der Waals surface area contributed by atoms with Crippen LogP contribution in [0, 0.1) is 0 Å². The van der Waals surface area contributed by atoms with Crippen LogP contribution in [0.1, 0.15) is 38.5 Å². The Hall–Kier alpha value is -3.50. The summed E-state index contributed by atoms with van der Waals surface area (Å²) in [7, 11) is -23.7. The minimum Gasteiger partial charge on any atom is -0.756 e. The van der Waals surface area contributed by atoms with Gasteiger partial charge in [0.25, 0.3) is 15.6 Å². The highest BCUT2D eigenvalue weighted by Crippen LogP contribution is 2.82. The number of nitrogens with zero attached hydrogens (tertiary/aromatic N) is 4. The average Bonchev–Trinajstić information content (AvgIpc) is 4.19. The molecule has 0 aromatic heterocycles. The lowest BCUT2D eigenvalue weighted by Crippen LogP contribution is -2.35. The van der Waals surface area contributed by atoms with Gasteiger partial charge in [0.05, 0.1) is 0 Å². The summed E-state index contributed by atoms with van der Waals surface area (Å²) in [6.07, 6.45) is 5.51. The number of benzene rings is 6. The Morgan fingerprint density at radius 1 is 0.478 bits per heavy atom. The Labute approximate surface area is 405 Å². The second kappa shape index (κ2) is 22.9. The van der Waals surface area contributed by atoms with Crippen molar-refractivity contribution in [3.05, 3.63) is 182 Å². The summed E-state index contributed by atoms with van der Waals surface area (Å²) in [6.45, 7) is 4.09. The predicted octanol–water partition coefficient (Wildman–Crippen LogP) is 7.48. The van der Waals surface area contributed by atoms with Gasteiger partial charge in [0.2, 0.25) is 7.41 Å². The van der Waals surface area contributed by atoms with Gasteiger partial charge in [-0.1, -0.05) is 146 Å². The van der Waals surface area contributed by atoms with Crippen molar-refractivity contribution in [2.24, 2.45) is 4.52 Å². The number of rotatable bonds is 11. The van der Waals surface area contributed by atoms with E-state index in [1.807, 2.05) is 0 Å². The molecule has 0 radical (unpaired) electrons. The minimum atomic E-state index is -5.39. The number of phosphoric acid groups is 3. The maximum Gasteiger partial charge on any atom is 0.497 e. The van der Waals surface area contributed by atoms with E-state index in [0.29, 0.717) is 39.3 Å². The SMILES string of the molecule is O.O.O=P1([O-])OP(=O)([O-])OP(=O)(OP(N2CCCC2)(N2CCCC2)=[N+]2CCCC2)O1.c1ccc(P(=N[P+](c2ccccc2)(c2ccccc2)c2ccccc2)(c2ccccc2)c2ccccc2)cc1. The molecule has 0 bridgehead atoms. The standard InChI is InChI=1S/C36H30NP2.C12H25N3O9P4.2H2O/c1-7-19-31(20-8-1)38(32-21-9-2-10-22-32,33-23-11-3-12-24-33)37-39(34-25-13-4-14-26-34,35-27-15-5-16-28-35)36-29-17-6-18-30-36;16-26(17)22-27(18,19)24-28(20,23-26)21-25(13-7-1-2-8-13,14-9-3-4-10-14)15-11-5-6-12-15;;/h1-30H;1-12H2,(H-,16,17,18,19);2*1H2/q+1;;;/p-1. The molecule has 366 valence electrons. The van der Waals surface area contributed by atoms with Crippen molar-refractivity contribution in [3.63, 3.8) is 0 Å². The van der Waals surface area contributed by atoms with Crippen molar-refractivity contribution in [2.75, 3.05) is 39.3 Å². The van der Waals surface area contributed by atoms with Crippen molar-refractivity contribution in [1.82, 2.24) is 9.34 Å². The molecular formula is C48H58N4O11P6. The Morgan fingerprint density at radius 3 is 1.10 bits per heavy atom. The topological polar surface area (TPSA) is 219 Å². The lowest BCUT2D eigenvalue weighted by atomic mass is 10.4. The van der Waals surface area contributed by atoms with Crippen molar-refractivity contribution in [3.8, 4) is 0 Å². The van der Waals surface area contributed by atoms with Gasteiger partial charge in [0, 0.05) is 54.9 Å². The van der Waals surface area contributed by atoms with E-state index in [-0.39, 0.29) is 11.0 Å². The van der Waals surface area contributed by atoms with E-state index in [1.54, 1.807) is 0 Å². The van der Waals surface area contributed by atoms with E-state index in [1.165, 1.54) is 31.8 Å². The lowest BCUT2D eigenvalue weighted by Gasteiger charge is -2.42. The largest absolute Gasteiger partial charge is 0.756 e. The summed E-state index contributed by atoms with van der Waals surface area (Å²) < 4.78 is 68.2. The monoisotopic (exact) mass is 1050 g/mol. The highest BCUT2D eigenvalue weighted by atomic mass is 31.3. The first-order chi connectivity index (χ1) is 32.5. The van der Waals surface area contributed by atoms with Gasteiger partial charge in [-0.05, 0) is 62.1 Å². The Morgan fingerprint density at radius 2 is 0.783 bits per heavy atom. The maximum atomic E-state index is 13.2. The third-order valence-corrected chi connectivity index (χ3v) is 30.5. The molecule has 4 saturated heterocycles. The molecule has 0 amide bonds. The van der Waals surface area contributed by atoms with Crippen LogP contribution in [-0.2, 0) is 30.9 Å². The predicted molar refractivity (Wildman–Crippen MR) is 275 cm³/mol. The van der Waals surface area contributed by atoms with Crippen molar-refractivity contribution < 1.29 is 56.0 Å². The fourth-order valence-corrected chi connectivity index (χ4v) is 29.6. The average molecular weight is 1050 g/mol. The molecule has 4 fully saturated rings. The number of hydrogen-bond donors (Lipinski definition) is 0. The summed E-state index contributed by atoms with van der Waals surface area (Å²) in [5.74, 6) is 0. The van der Waals surface area contributed by atoms with Crippen LogP contribution in [0.3, 0.4) is 0 Å². The zero-order valence-electron chi connectivity index (χ0n) is 38.0. The summed E-state index contributed by atoms with van der Waals surface area (Å²) in [6, 6.07) is 65.7. The molecular weight excluding hydrogens is 994 g/mol. The fourth-order valence-electron chi connectivity index (χ4n) is 9.42. The van der Waals surface area contributed by atoms with Gasteiger partial charge in [-0.25, -0.2) is 21.8 Å². The zero-order valence-corrected chi connectivity index (χ0v) is 43.3. The van der Waals surface area contributed by atoms with E-state index in [0.717, 1.165) is 38.5 Å². The highest BCUT2D eigenvalue weighted by molar-refractivity contribution is 8.01. The third-order valence-electron chi connectivity index (χ3n) is 12.2. The van der Waals surface area contributed by atoms with E-state index >= 15 is 0 Å². The lowest BCUT2D eigenvalue weighted by molar-refractivity contribution is -0.496. The third kappa shape index (κ3) is 11.3. The second-order valence-corrected chi connectivity index (χ2v) is 30.9. The van der Waals surface area contributed by atoms with Gasteiger partial charge in [-0.3, -0.25) is 9.13 Å². The first-order valence-electron chi connectivity index (χ1n) is 22.6. The molecule has 4 aliphatic rings. The van der Waals surface area contributed by atoms with Crippen molar-refractivity contribution in [2.45, 2.75) is 38.5 Å². The summed E-state index contributed by atoms with van der Waals surface area (Å²) in [5.41, 5.74) is 0. The molecule has 0 spiro atoms. The Balaban J connectivity index is 0.000000208. The fraction of sp³-hybridized carbons (Fsp3) is 0.250. The van der Waals surface area contributed by atoms with E-state index in [4.69, 9.17) is 8.83 Å². The van der Waals surface area contributed by atoms with Gasteiger partial charge in [-0.2, -0.15) is 13.7 Å². The summed E-state index contributed by atoms with van der Waals surface area (Å²) >= 11 is 0. The van der Waals surface area contributed by atoms with Gasteiger partial charge in [0.1, 0.15) is 36.1 Å². The molecule has 0 aliphatic carbocycles. The van der Waals surface area contributed by atoms with Crippen LogP contribution in [0.15, 0.2) is 187 Å². The number of hydrogen-bond acceptors (Lipinski definition) is 10. The van der Waals surface area contributed by atoms with Crippen LogP contribution in [0.25, 0.3) is 0 Å². The molecule has 4 aliphatic heterocycles. The van der Waals surface area contributed by atoms with Crippen LogP contribution in [-0.4, -0.2) is 63.9 Å². The first kappa shape index (κ1) is 53.3. The smallest absolute Gasteiger partial charge is 0.497 e. The second-order valence-electron chi connectivity index (χ2n) is 16.5. The summed E-state index contributed by atoms with van der Waals surface area (Å²) in [4.78, 5) is 23.6.